The molecule has 1 heterocycles. The van der Waals surface area contributed by atoms with E-state index in [4.69, 9.17) is 5.73 Å². The Balaban J connectivity index is 2.12. The van der Waals surface area contributed by atoms with Crippen LogP contribution in [0.15, 0.2) is 0 Å². The van der Waals surface area contributed by atoms with Gasteiger partial charge in [-0.15, -0.1) is 0 Å². The monoisotopic (exact) mass is 212 g/mol. The Morgan fingerprint density at radius 2 is 2.07 bits per heavy atom. The van der Waals surface area contributed by atoms with E-state index in [1.807, 2.05) is 0 Å². The molecule has 1 aliphatic heterocycles. The summed E-state index contributed by atoms with van der Waals surface area (Å²) in [6, 6.07) is 0.479. The number of nitrogens with two attached hydrogens (primary N) is 1. The molecule has 1 aliphatic carbocycles. The van der Waals surface area contributed by atoms with Crippen LogP contribution in [0.25, 0.3) is 0 Å². The number of hydrogen-bond acceptors (Lipinski definition) is 3. The lowest BCUT2D eigenvalue weighted by Crippen LogP contribution is -2.62. The van der Waals surface area contributed by atoms with E-state index in [-0.39, 0.29) is 5.41 Å². The molecule has 15 heavy (non-hydrogen) atoms. The summed E-state index contributed by atoms with van der Waals surface area (Å²) >= 11 is 0. The first-order valence-electron chi connectivity index (χ1n) is 6.16. The summed E-state index contributed by atoms with van der Waals surface area (Å²) in [6.45, 7) is 3.85. The highest BCUT2D eigenvalue weighted by Gasteiger charge is 2.54. The average Bonchev–Trinajstić information content (AvgIpc) is 2.11. The van der Waals surface area contributed by atoms with Gasteiger partial charge in [-0.05, 0) is 39.7 Å². The Hall–Kier alpha value is -0.120. The van der Waals surface area contributed by atoms with Gasteiger partial charge in [-0.25, -0.2) is 0 Å². The molecule has 0 bridgehead atoms. The van der Waals surface area contributed by atoms with Gasteiger partial charge >= 0.3 is 0 Å². The van der Waals surface area contributed by atoms with E-state index in [9.17, 15) is 5.11 Å². The lowest BCUT2D eigenvalue weighted by molar-refractivity contribution is -0.159. The summed E-state index contributed by atoms with van der Waals surface area (Å²) in [4.78, 5) is 2.33. The highest BCUT2D eigenvalue weighted by atomic mass is 16.3. The van der Waals surface area contributed by atoms with Crippen molar-refractivity contribution in [3.05, 3.63) is 0 Å². The zero-order valence-corrected chi connectivity index (χ0v) is 10.00. The first kappa shape index (κ1) is 11.4. The van der Waals surface area contributed by atoms with Crippen LogP contribution in [0, 0.1) is 5.41 Å². The molecule has 1 saturated heterocycles. The van der Waals surface area contributed by atoms with Crippen LogP contribution in [-0.2, 0) is 0 Å². The minimum atomic E-state index is -0.494. The Bertz CT molecular complexity index is 234. The van der Waals surface area contributed by atoms with Crippen LogP contribution in [0.5, 0.6) is 0 Å². The molecule has 2 aliphatic rings. The Morgan fingerprint density at radius 1 is 1.40 bits per heavy atom. The minimum Gasteiger partial charge on any atom is -0.389 e. The number of piperidine rings is 1. The molecule has 3 N–H and O–H groups in total. The normalized spacial score (nSPS) is 41.2. The van der Waals surface area contributed by atoms with Gasteiger partial charge in [0.25, 0.3) is 0 Å². The van der Waals surface area contributed by atoms with Crippen molar-refractivity contribution < 1.29 is 5.11 Å². The summed E-state index contributed by atoms with van der Waals surface area (Å²) in [5, 5.41) is 10.8. The van der Waals surface area contributed by atoms with Crippen LogP contribution in [0.3, 0.4) is 0 Å². The van der Waals surface area contributed by atoms with E-state index in [0.717, 1.165) is 32.2 Å². The number of nitrogens with zero attached hydrogens (tertiary/aromatic N) is 1. The summed E-state index contributed by atoms with van der Waals surface area (Å²) in [5.74, 6) is 0. The van der Waals surface area contributed by atoms with Gasteiger partial charge in [-0.3, -0.25) is 0 Å². The van der Waals surface area contributed by atoms with Crippen molar-refractivity contribution in [1.82, 2.24) is 4.90 Å². The highest BCUT2D eigenvalue weighted by Crippen LogP contribution is 2.53. The maximum atomic E-state index is 10.8. The fraction of sp³-hybridized carbons (Fsp3) is 1.00. The summed E-state index contributed by atoms with van der Waals surface area (Å²) in [5.41, 5.74) is 5.44. The predicted molar refractivity (Wildman–Crippen MR) is 61.6 cm³/mol. The molecule has 2 rings (SSSR count). The van der Waals surface area contributed by atoms with Crippen molar-refractivity contribution in [3.8, 4) is 0 Å². The zero-order valence-electron chi connectivity index (χ0n) is 10.00. The van der Waals surface area contributed by atoms with E-state index in [1.54, 1.807) is 0 Å². The maximum Gasteiger partial charge on any atom is 0.0742 e. The number of aliphatic hydroxyl groups is 1. The fourth-order valence-electron chi connectivity index (χ4n) is 3.27. The van der Waals surface area contributed by atoms with Gasteiger partial charge in [0.2, 0.25) is 0 Å². The standard InChI is InChI=1S/C12H24N2O/c1-10-8-12(15,6-7-14(10)2)11(9-13)4-3-5-11/h10,15H,3-9,13H2,1-2H3. The molecule has 88 valence electrons. The SMILES string of the molecule is CC1CC(O)(C2(CN)CCC2)CCN1C. The van der Waals surface area contributed by atoms with Crippen molar-refractivity contribution in [2.45, 2.75) is 50.7 Å². The van der Waals surface area contributed by atoms with Gasteiger partial charge in [0.05, 0.1) is 5.60 Å². The molecule has 1 saturated carbocycles. The number of likely N-dealkylation sites (tertiary alicyclic amines) is 1. The summed E-state index contributed by atoms with van der Waals surface area (Å²) in [6.07, 6.45) is 5.27. The lowest BCUT2D eigenvalue weighted by atomic mass is 9.55. The largest absolute Gasteiger partial charge is 0.389 e. The lowest BCUT2D eigenvalue weighted by Gasteiger charge is -2.56. The van der Waals surface area contributed by atoms with Crippen molar-refractivity contribution in [2.24, 2.45) is 11.1 Å². The van der Waals surface area contributed by atoms with Gasteiger partial charge in [0, 0.05) is 24.5 Å². The van der Waals surface area contributed by atoms with Crippen LogP contribution in [0.1, 0.15) is 39.0 Å². The molecule has 2 fully saturated rings. The van der Waals surface area contributed by atoms with Gasteiger partial charge < -0.3 is 15.7 Å². The maximum absolute atomic E-state index is 10.8. The third-order valence-corrected chi connectivity index (χ3v) is 4.95. The highest BCUT2D eigenvalue weighted by molar-refractivity contribution is 5.07. The molecule has 0 spiro atoms. The molecule has 2 unspecified atom stereocenters. The third kappa shape index (κ3) is 1.61. The zero-order chi connectivity index (χ0) is 11.1. The van der Waals surface area contributed by atoms with E-state index in [0.29, 0.717) is 12.6 Å². The van der Waals surface area contributed by atoms with E-state index in [2.05, 4.69) is 18.9 Å². The van der Waals surface area contributed by atoms with Crippen molar-refractivity contribution in [1.29, 1.82) is 0 Å². The molecule has 2 atom stereocenters. The molecular formula is C12H24N2O. The quantitative estimate of drug-likeness (QED) is 0.717. The average molecular weight is 212 g/mol. The van der Waals surface area contributed by atoms with E-state index < -0.39 is 5.60 Å². The molecule has 0 radical (unpaired) electrons. The van der Waals surface area contributed by atoms with E-state index in [1.165, 1.54) is 6.42 Å². The number of rotatable bonds is 2. The fourth-order valence-corrected chi connectivity index (χ4v) is 3.27. The van der Waals surface area contributed by atoms with Crippen LogP contribution in [0.4, 0.5) is 0 Å². The Kier molecular flexibility index (Phi) is 2.82. The molecule has 0 aromatic carbocycles. The second kappa shape index (κ2) is 3.72. The minimum absolute atomic E-state index is 0.0442. The topological polar surface area (TPSA) is 49.5 Å². The van der Waals surface area contributed by atoms with Crippen LogP contribution < -0.4 is 5.73 Å². The van der Waals surface area contributed by atoms with Gasteiger partial charge in [0.15, 0.2) is 0 Å². The molecule has 0 aromatic rings. The van der Waals surface area contributed by atoms with Crippen molar-refractivity contribution in [2.75, 3.05) is 20.1 Å². The summed E-state index contributed by atoms with van der Waals surface area (Å²) < 4.78 is 0. The first-order valence-corrected chi connectivity index (χ1v) is 6.16. The van der Waals surface area contributed by atoms with Gasteiger partial charge in [0.1, 0.15) is 0 Å². The Labute approximate surface area is 92.6 Å². The third-order valence-electron chi connectivity index (χ3n) is 4.95. The van der Waals surface area contributed by atoms with Crippen LogP contribution in [0.2, 0.25) is 0 Å². The summed E-state index contributed by atoms with van der Waals surface area (Å²) in [7, 11) is 2.14. The second-order valence-electron chi connectivity index (χ2n) is 5.65. The Morgan fingerprint density at radius 3 is 2.47 bits per heavy atom. The van der Waals surface area contributed by atoms with Crippen molar-refractivity contribution in [3.63, 3.8) is 0 Å². The van der Waals surface area contributed by atoms with Gasteiger partial charge in [-0.1, -0.05) is 6.42 Å². The van der Waals surface area contributed by atoms with Crippen molar-refractivity contribution >= 4 is 0 Å². The van der Waals surface area contributed by atoms with Gasteiger partial charge in [-0.2, -0.15) is 0 Å². The second-order valence-corrected chi connectivity index (χ2v) is 5.65. The molecule has 0 amide bonds. The molecule has 0 aromatic heterocycles. The predicted octanol–water partition coefficient (Wildman–Crippen LogP) is 0.961. The molecular weight excluding hydrogens is 188 g/mol. The van der Waals surface area contributed by atoms with Crippen LogP contribution in [-0.4, -0.2) is 41.8 Å². The molecule has 3 nitrogen and oxygen atoms in total. The number of hydrogen-bond donors (Lipinski definition) is 2. The van der Waals surface area contributed by atoms with Crippen LogP contribution >= 0.6 is 0 Å². The first-order chi connectivity index (χ1) is 7.03. The van der Waals surface area contributed by atoms with E-state index >= 15 is 0 Å². The molecule has 3 heteroatoms. The smallest absolute Gasteiger partial charge is 0.0742 e.